The third kappa shape index (κ3) is 9.14. The van der Waals surface area contributed by atoms with Crippen molar-refractivity contribution in [1.82, 2.24) is 0 Å². The molecule has 4 heavy (non-hydrogen) atoms. The summed E-state index contributed by atoms with van der Waals surface area (Å²) in [5, 5.41) is 0. The van der Waals surface area contributed by atoms with Gasteiger partial charge in [0.2, 0.25) is 0 Å². The van der Waals surface area contributed by atoms with Gasteiger partial charge < -0.3 is 5.48 Å². The van der Waals surface area contributed by atoms with Crippen LogP contribution in [0.25, 0.3) is 0 Å². The molecule has 0 fully saturated rings. The molecule has 0 atom stereocenters. The Bertz CT molecular complexity index is 6.00. The van der Waals surface area contributed by atoms with Gasteiger partial charge in [0, 0.05) is 0 Å². The first-order valence-corrected chi connectivity index (χ1v) is 0.508. The molecule has 0 bridgehead atoms. The zero-order valence-corrected chi connectivity index (χ0v) is 9.38. The molecule has 0 aliphatic rings. The van der Waals surface area contributed by atoms with Gasteiger partial charge in [0.15, 0.2) is 0 Å². The third-order valence-electron chi connectivity index (χ3n) is 0. The molecule has 0 saturated heterocycles. The van der Waals surface area contributed by atoms with Crippen molar-refractivity contribution in [2.45, 2.75) is 0 Å². The molecule has 0 radical (unpaired) electrons. The second-order valence-corrected chi connectivity index (χ2v) is 0. The minimum absolute atomic E-state index is 0. The van der Waals surface area contributed by atoms with E-state index in [0.717, 1.165) is 0 Å². The van der Waals surface area contributed by atoms with Gasteiger partial charge in [-0.2, -0.15) is 0 Å². The first kappa shape index (κ1) is 16.9. The molecule has 0 aromatic carbocycles. The van der Waals surface area contributed by atoms with Crippen molar-refractivity contribution in [2.24, 2.45) is 0 Å². The van der Waals surface area contributed by atoms with Crippen molar-refractivity contribution in [3.05, 3.63) is 0 Å². The van der Waals surface area contributed by atoms with Crippen LogP contribution in [0.3, 0.4) is 0 Å². The summed E-state index contributed by atoms with van der Waals surface area (Å²) in [6.07, 6.45) is 0. The fourth-order valence-electron chi connectivity index (χ4n) is 0. The minimum atomic E-state index is 0. The Morgan fingerprint density at radius 1 is 1.25 bits per heavy atom. The first-order chi connectivity index (χ1) is 1.00. The summed E-state index contributed by atoms with van der Waals surface area (Å²) in [7, 11) is 0. The van der Waals surface area contributed by atoms with E-state index >= 15 is 0 Å². The van der Waals surface area contributed by atoms with Crippen LogP contribution in [0.2, 0.25) is 0 Å². The van der Waals surface area contributed by atoms with E-state index in [-0.39, 0.29) is 54.4 Å². The predicted octanol–water partition coefficient (Wildman–Crippen LogP) is -0.947. The van der Waals surface area contributed by atoms with Crippen molar-refractivity contribution >= 4 is 48.9 Å². The molecule has 0 unspecified atom stereocenters. The maximum atomic E-state index is 7.81. The fraction of sp³-hybridized carbons (Fsp3) is 0. The molecular formula is H2BaCuO2. The quantitative estimate of drug-likeness (QED) is 0.508. The van der Waals surface area contributed by atoms with E-state index in [1.54, 1.807) is 0 Å². The summed E-state index contributed by atoms with van der Waals surface area (Å²) in [5.41, 5.74) is 0. The van der Waals surface area contributed by atoms with Crippen molar-refractivity contribution in [2.75, 3.05) is 0 Å². The van der Waals surface area contributed by atoms with Crippen molar-refractivity contribution in [3.8, 4) is 0 Å². The van der Waals surface area contributed by atoms with Gasteiger partial charge in [0.05, 0.1) is 0 Å². The Morgan fingerprint density at radius 2 is 1.25 bits per heavy atom. The van der Waals surface area contributed by atoms with Crippen LogP contribution in [-0.2, 0) is 19.8 Å². The Kier molecular flexibility index (Phi) is 88.9. The van der Waals surface area contributed by atoms with E-state index in [4.69, 9.17) is 3.83 Å². The predicted molar refractivity (Wildman–Crippen MR) is 9.77 cm³/mol. The summed E-state index contributed by atoms with van der Waals surface area (Å²) >= 11 is 2.94. The molecule has 0 heterocycles. The van der Waals surface area contributed by atoms with Crippen LogP contribution in [0.5, 0.6) is 0 Å². The van der Waals surface area contributed by atoms with E-state index in [1.807, 2.05) is 0 Å². The molecule has 0 amide bonds. The second-order valence-electron chi connectivity index (χ2n) is 0. The molecule has 0 aliphatic heterocycles. The Hall–Kier alpha value is 1.85. The molecule has 27 valence electrons. The van der Waals surface area contributed by atoms with E-state index in [1.165, 1.54) is 0 Å². The van der Waals surface area contributed by atoms with Crippen molar-refractivity contribution in [3.63, 3.8) is 0 Å². The van der Waals surface area contributed by atoms with Crippen molar-refractivity contribution in [1.29, 1.82) is 0 Å². The molecule has 0 rings (SSSR count). The molecule has 4 heteroatoms. The maximum absolute atomic E-state index is 7.81. The van der Waals surface area contributed by atoms with Gasteiger partial charge in [-0.1, -0.05) is 0 Å². The molecule has 0 spiro atoms. The van der Waals surface area contributed by atoms with E-state index in [9.17, 15) is 0 Å². The van der Waals surface area contributed by atoms with Crippen LogP contribution in [0.4, 0.5) is 0 Å². The molecule has 0 aromatic rings. The van der Waals surface area contributed by atoms with Crippen LogP contribution in [0.15, 0.2) is 0 Å². The zero-order chi connectivity index (χ0) is 2.00. The molecular weight excluding hydrogens is 233 g/mol. The van der Waals surface area contributed by atoms with E-state index in [0.29, 0.717) is 0 Å². The number of hydrogen-bond donors (Lipinski definition) is 0. The topological polar surface area (TPSA) is 47.1 Å². The standard InChI is InChI=1S/Ba.Cu.H2O.O.H/h;;1H2;;/q+1;;;;/p-1. The van der Waals surface area contributed by atoms with Crippen LogP contribution < -0.4 is 0 Å². The first-order valence-electron chi connectivity index (χ1n) is 0.123. The van der Waals surface area contributed by atoms with Crippen LogP contribution >= 0.6 is 0 Å². The third-order valence-corrected chi connectivity index (χ3v) is 0. The molecule has 1 N–H and O–H groups in total. The molecule has 0 aromatic heterocycles. The molecule has 0 saturated carbocycles. The van der Waals surface area contributed by atoms with E-state index in [2.05, 4.69) is 15.9 Å². The molecule has 2 nitrogen and oxygen atoms in total. The fourth-order valence-corrected chi connectivity index (χ4v) is 0. The summed E-state index contributed by atoms with van der Waals surface area (Å²) in [5.74, 6) is 0. The van der Waals surface area contributed by atoms with Gasteiger partial charge >= 0.3 is 68.7 Å². The van der Waals surface area contributed by atoms with Gasteiger partial charge in [-0.3, -0.25) is 0 Å². The molecule has 0 aliphatic carbocycles. The Morgan fingerprint density at radius 3 is 1.25 bits per heavy atom. The summed E-state index contributed by atoms with van der Waals surface area (Å²) < 4.78 is 7.81. The number of hydrogen-bond acceptors (Lipinski definition) is 2. The number of rotatable bonds is 0. The normalized spacial score (nSPS) is 1.50. The van der Waals surface area contributed by atoms with Crippen LogP contribution in [-0.4, -0.2) is 54.4 Å². The zero-order valence-electron chi connectivity index (χ0n) is 2.16. The van der Waals surface area contributed by atoms with Crippen LogP contribution in [0.1, 0.15) is 0 Å². The van der Waals surface area contributed by atoms with Gasteiger partial charge in [0.25, 0.3) is 0 Å². The average Bonchev–Trinajstić information content (AvgIpc) is 1.00. The second kappa shape index (κ2) is 21.0. The Balaban J connectivity index is -0.00000000500. The summed E-state index contributed by atoms with van der Waals surface area (Å²) in [4.78, 5) is 0. The van der Waals surface area contributed by atoms with Crippen LogP contribution in [0, 0.1) is 0 Å². The van der Waals surface area contributed by atoms with Crippen molar-refractivity contribution < 1.29 is 25.3 Å². The van der Waals surface area contributed by atoms with E-state index < -0.39 is 0 Å². The van der Waals surface area contributed by atoms with Gasteiger partial charge in [-0.15, -0.1) is 0 Å². The SMILES string of the molecule is [BaH+].[OH-].[O]=[Cu]. The summed E-state index contributed by atoms with van der Waals surface area (Å²) in [6, 6.07) is 0. The average molecular weight is 235 g/mol. The van der Waals surface area contributed by atoms with Gasteiger partial charge in [-0.25, -0.2) is 0 Å². The van der Waals surface area contributed by atoms with Gasteiger partial charge in [0.1, 0.15) is 0 Å². The van der Waals surface area contributed by atoms with Gasteiger partial charge in [-0.05, 0) is 0 Å². The Labute approximate surface area is 72.7 Å². The summed E-state index contributed by atoms with van der Waals surface area (Å²) in [6.45, 7) is 0. The monoisotopic (exact) mass is 235 g/mol.